The van der Waals surface area contributed by atoms with Gasteiger partial charge in [0, 0.05) is 71.1 Å². The Bertz CT molecular complexity index is 1980. The number of nitrogens with zero attached hydrogens (tertiary/aromatic N) is 4. The van der Waals surface area contributed by atoms with E-state index in [0.29, 0.717) is 69.3 Å². The summed E-state index contributed by atoms with van der Waals surface area (Å²) < 4.78 is 27.4. The third-order valence-corrected chi connectivity index (χ3v) is 11.4. The molecule has 2 N–H and O–H groups in total. The molecule has 1 aromatic heterocycles. The van der Waals surface area contributed by atoms with Gasteiger partial charge < -0.3 is 24.8 Å². The van der Waals surface area contributed by atoms with Crippen molar-refractivity contribution in [2.24, 2.45) is 5.41 Å². The first kappa shape index (κ1) is 29.5. The average molecular weight is 654 g/mol. The second-order valence-corrected chi connectivity index (χ2v) is 14.8. The molecule has 8 nitrogen and oxygen atoms in total. The number of halogens is 2. The smallest absolute Gasteiger partial charge is 0.318 e. The van der Waals surface area contributed by atoms with E-state index in [0.717, 1.165) is 81.7 Å². The molecule has 2 unspecified atom stereocenters. The number of phenols is 1. The van der Waals surface area contributed by atoms with Crippen molar-refractivity contribution in [1.29, 1.82) is 0 Å². The number of morpholine rings is 1. The molecule has 3 aromatic carbocycles. The van der Waals surface area contributed by atoms with Gasteiger partial charge in [0.05, 0.1) is 30.4 Å². The molecule has 9 rings (SSSR count). The fourth-order valence-corrected chi connectivity index (χ4v) is 8.92. The Balaban J connectivity index is 1.15. The Morgan fingerprint density at radius 2 is 1.98 bits per heavy atom. The fourth-order valence-electron chi connectivity index (χ4n) is 8.57. The predicted molar refractivity (Wildman–Crippen MR) is 181 cm³/mol. The summed E-state index contributed by atoms with van der Waals surface area (Å²) in [7, 11) is 0. The van der Waals surface area contributed by atoms with Gasteiger partial charge in [0.15, 0.2) is 0 Å². The number of piperazine rings is 1. The van der Waals surface area contributed by atoms with Crippen LogP contribution in [0.2, 0.25) is 5.02 Å². The Kier molecular flexibility index (Phi) is 6.85. The molecular formula is C37H37ClFN5O3. The zero-order valence-electron chi connectivity index (χ0n) is 26.4. The minimum atomic E-state index is -0.501. The van der Waals surface area contributed by atoms with E-state index < -0.39 is 5.82 Å². The summed E-state index contributed by atoms with van der Waals surface area (Å²) in [5, 5.41) is 16.9. The first-order valence-corrected chi connectivity index (χ1v) is 17.1. The van der Waals surface area contributed by atoms with Crippen molar-refractivity contribution in [1.82, 2.24) is 20.2 Å². The van der Waals surface area contributed by atoms with Gasteiger partial charge in [-0.25, -0.2) is 4.39 Å². The summed E-state index contributed by atoms with van der Waals surface area (Å²) in [6, 6.07) is 9.72. The molecule has 10 heteroatoms. The average Bonchev–Trinajstić information content (AvgIpc) is 3.32. The zero-order valence-corrected chi connectivity index (χ0v) is 27.1. The van der Waals surface area contributed by atoms with E-state index in [-0.39, 0.29) is 16.7 Å². The van der Waals surface area contributed by atoms with Crippen molar-refractivity contribution in [2.45, 2.75) is 63.3 Å². The number of aromatic hydroxyl groups is 1. The largest absolute Gasteiger partial charge is 0.508 e. The summed E-state index contributed by atoms with van der Waals surface area (Å²) in [6.45, 7) is 7.05. The lowest BCUT2D eigenvalue weighted by molar-refractivity contribution is 0.0176. The first-order valence-electron chi connectivity index (χ1n) is 16.7. The standard InChI is InChI=1S/C37H37ClFN5O3/c1-3-27-31(39)7-4-21-10-25(45)12-28(33(21)27)32-20(2)34-29(13-30(32)38)35(43-14-22-5-6-23(15-43)40-22)42-36(41-34)47-19-37(8-9-37)18-44-16-26-11-24(44)17-46-26/h1,4,7,10,12-13,22-24,26,40,45H,5-6,8-9,11,14-19H2,2H3/t22?,23?,24-,26-/m0/s1. The number of hydrogen-bond donors (Lipinski definition) is 2. The van der Waals surface area contributed by atoms with Crippen LogP contribution in [-0.2, 0) is 4.74 Å². The first-order chi connectivity index (χ1) is 22.8. The number of phenolic OH excluding ortho intramolecular Hbond substituents is 1. The van der Waals surface area contributed by atoms with Crippen LogP contribution in [-0.4, -0.2) is 83.6 Å². The fraction of sp³-hybridized carbons (Fsp3) is 0.459. The lowest BCUT2D eigenvalue weighted by Gasteiger charge is -2.34. The second-order valence-electron chi connectivity index (χ2n) is 14.3. The molecule has 0 spiro atoms. The van der Waals surface area contributed by atoms with E-state index in [9.17, 15) is 5.11 Å². The third kappa shape index (κ3) is 5.00. The van der Waals surface area contributed by atoms with E-state index in [4.69, 9.17) is 37.5 Å². The minimum Gasteiger partial charge on any atom is -0.508 e. The van der Waals surface area contributed by atoms with Gasteiger partial charge in [-0.1, -0.05) is 23.6 Å². The molecule has 4 aromatic rings. The molecule has 47 heavy (non-hydrogen) atoms. The molecule has 5 aliphatic rings. The molecule has 0 amide bonds. The predicted octanol–water partition coefficient (Wildman–Crippen LogP) is 5.81. The van der Waals surface area contributed by atoms with Gasteiger partial charge in [-0.15, -0.1) is 6.42 Å². The Hall–Kier alpha value is -3.68. The zero-order chi connectivity index (χ0) is 32.0. The van der Waals surface area contributed by atoms with Crippen LogP contribution in [0.4, 0.5) is 10.2 Å². The molecule has 5 fully saturated rings. The molecule has 5 heterocycles. The van der Waals surface area contributed by atoms with Crippen LogP contribution in [0.5, 0.6) is 11.8 Å². The van der Waals surface area contributed by atoms with Gasteiger partial charge in [0.1, 0.15) is 17.4 Å². The number of fused-ring (bicyclic) bond motifs is 6. The Morgan fingerprint density at radius 3 is 2.68 bits per heavy atom. The number of benzene rings is 3. The molecule has 0 radical (unpaired) electrons. The van der Waals surface area contributed by atoms with E-state index in [1.807, 2.05) is 13.0 Å². The maximum absolute atomic E-state index is 15.0. The van der Waals surface area contributed by atoms with Gasteiger partial charge in [-0.2, -0.15) is 9.97 Å². The van der Waals surface area contributed by atoms with Gasteiger partial charge in [0.25, 0.3) is 0 Å². The van der Waals surface area contributed by atoms with E-state index in [1.165, 1.54) is 6.07 Å². The van der Waals surface area contributed by atoms with Crippen molar-refractivity contribution in [3.05, 3.63) is 52.3 Å². The van der Waals surface area contributed by atoms with Gasteiger partial charge in [-0.3, -0.25) is 4.90 Å². The molecule has 1 saturated carbocycles. The van der Waals surface area contributed by atoms with Crippen LogP contribution in [0.25, 0.3) is 32.8 Å². The molecular weight excluding hydrogens is 617 g/mol. The summed E-state index contributed by atoms with van der Waals surface area (Å²) in [6.07, 6.45) is 11.9. The molecule has 4 atom stereocenters. The van der Waals surface area contributed by atoms with Crippen molar-refractivity contribution in [3.8, 4) is 35.2 Å². The van der Waals surface area contributed by atoms with Crippen LogP contribution in [0, 0.1) is 30.5 Å². The van der Waals surface area contributed by atoms with Gasteiger partial charge >= 0.3 is 6.01 Å². The minimum absolute atomic E-state index is 0.0360. The number of nitrogens with one attached hydrogen (secondary N) is 1. The summed E-state index contributed by atoms with van der Waals surface area (Å²) in [5.74, 6) is 2.87. The number of rotatable bonds is 7. The summed E-state index contributed by atoms with van der Waals surface area (Å²) in [5.41, 5.74) is 2.93. The number of anilines is 1. The summed E-state index contributed by atoms with van der Waals surface area (Å²) in [4.78, 5) is 15.0. The highest BCUT2D eigenvalue weighted by Crippen LogP contribution is 2.49. The summed E-state index contributed by atoms with van der Waals surface area (Å²) >= 11 is 7.13. The maximum atomic E-state index is 15.0. The lowest BCUT2D eigenvalue weighted by atomic mass is 9.90. The number of likely N-dealkylation sites (tertiary alicyclic amines) is 1. The topological polar surface area (TPSA) is 83.0 Å². The van der Waals surface area contributed by atoms with Crippen LogP contribution < -0.4 is 15.0 Å². The molecule has 1 aliphatic carbocycles. The monoisotopic (exact) mass is 653 g/mol. The third-order valence-electron chi connectivity index (χ3n) is 11.1. The van der Waals surface area contributed by atoms with Crippen LogP contribution in [0.3, 0.4) is 0 Å². The van der Waals surface area contributed by atoms with Gasteiger partial charge in [-0.05, 0) is 79.8 Å². The van der Waals surface area contributed by atoms with E-state index in [2.05, 4.69) is 21.0 Å². The highest BCUT2D eigenvalue weighted by molar-refractivity contribution is 6.35. The molecule has 242 valence electrons. The van der Waals surface area contributed by atoms with Crippen molar-refractivity contribution >= 4 is 39.1 Å². The highest BCUT2D eigenvalue weighted by Gasteiger charge is 2.49. The number of aromatic nitrogens is 2. The van der Waals surface area contributed by atoms with Crippen LogP contribution >= 0.6 is 11.6 Å². The number of terminal acetylenes is 1. The van der Waals surface area contributed by atoms with Crippen molar-refractivity contribution in [2.75, 3.05) is 44.3 Å². The lowest BCUT2D eigenvalue weighted by Crippen LogP contribution is -2.51. The number of ether oxygens (including phenoxy) is 2. The van der Waals surface area contributed by atoms with Crippen molar-refractivity contribution < 1.29 is 19.0 Å². The van der Waals surface area contributed by atoms with E-state index >= 15 is 4.39 Å². The van der Waals surface area contributed by atoms with E-state index in [1.54, 1.807) is 18.2 Å². The molecule has 4 saturated heterocycles. The molecule has 4 bridgehead atoms. The van der Waals surface area contributed by atoms with Gasteiger partial charge in [0.2, 0.25) is 0 Å². The SMILES string of the molecule is C#Cc1c(F)ccc2cc(O)cc(-c3c(Cl)cc4c(N5CC6CCC(C5)N6)nc(OCC5(CN6C[C@@H]7C[C@H]6CO7)CC5)nc4c3C)c12. The van der Waals surface area contributed by atoms with Crippen molar-refractivity contribution in [3.63, 3.8) is 0 Å². The Labute approximate surface area is 278 Å². The second kappa shape index (κ2) is 10.9. The maximum Gasteiger partial charge on any atom is 0.318 e. The normalized spacial score (nSPS) is 26.0. The highest BCUT2D eigenvalue weighted by atomic mass is 35.5. The Morgan fingerprint density at radius 1 is 1.17 bits per heavy atom. The van der Waals surface area contributed by atoms with Crippen LogP contribution in [0.15, 0.2) is 30.3 Å². The molecule has 4 aliphatic heterocycles. The van der Waals surface area contributed by atoms with Crippen LogP contribution in [0.1, 0.15) is 43.2 Å². The quantitative estimate of drug-likeness (QED) is 0.242. The number of aryl methyl sites for hydroxylation is 1. The number of hydrogen-bond acceptors (Lipinski definition) is 8.